The van der Waals surface area contributed by atoms with Gasteiger partial charge in [-0.05, 0) is 31.7 Å². The molecular weight excluding hydrogens is 280 g/mol. The molecule has 1 aliphatic carbocycles. The first-order valence-corrected chi connectivity index (χ1v) is 8.13. The van der Waals surface area contributed by atoms with Crippen LogP contribution < -0.4 is 0 Å². The van der Waals surface area contributed by atoms with E-state index in [2.05, 4.69) is 9.97 Å². The Morgan fingerprint density at radius 3 is 3.21 bits per heavy atom. The van der Waals surface area contributed by atoms with Crippen LogP contribution in [0.4, 0.5) is 0 Å². The molecule has 6 heteroatoms. The third kappa shape index (κ3) is 2.47. The number of rotatable bonds is 4. The zero-order chi connectivity index (χ0) is 13.2. The second-order valence-electron chi connectivity index (χ2n) is 4.31. The third-order valence-electron chi connectivity index (χ3n) is 3.10. The number of esters is 1. The second kappa shape index (κ2) is 5.46. The molecule has 1 aliphatic rings. The van der Waals surface area contributed by atoms with Gasteiger partial charge in [0.1, 0.15) is 16.2 Å². The van der Waals surface area contributed by atoms with Crippen LogP contribution in [0.15, 0.2) is 11.4 Å². The number of thioether (sulfide) groups is 1. The lowest BCUT2D eigenvalue weighted by Crippen LogP contribution is -2.06. The molecule has 2 heterocycles. The van der Waals surface area contributed by atoms with E-state index < -0.39 is 0 Å². The lowest BCUT2D eigenvalue weighted by Gasteiger charge is -2.03. The first-order chi connectivity index (χ1) is 9.29. The maximum absolute atomic E-state index is 11.4. The summed E-state index contributed by atoms with van der Waals surface area (Å²) in [5, 5.41) is 2.08. The Bertz CT molecular complexity index is 624. The summed E-state index contributed by atoms with van der Waals surface area (Å²) in [6.45, 7) is 2.24. The van der Waals surface area contributed by atoms with Crippen molar-refractivity contribution in [1.29, 1.82) is 0 Å². The van der Waals surface area contributed by atoms with Gasteiger partial charge in [-0.15, -0.1) is 11.3 Å². The molecule has 4 nitrogen and oxygen atoms in total. The van der Waals surface area contributed by atoms with Crippen molar-refractivity contribution in [3.05, 3.63) is 16.8 Å². The van der Waals surface area contributed by atoms with Crippen LogP contribution in [0.3, 0.4) is 0 Å². The van der Waals surface area contributed by atoms with Crippen LogP contribution >= 0.6 is 23.1 Å². The number of aryl methyl sites for hydroxylation is 2. The maximum atomic E-state index is 11.4. The summed E-state index contributed by atoms with van der Waals surface area (Å²) in [6, 6.07) is 0. The molecule has 0 aliphatic heterocycles. The van der Waals surface area contributed by atoms with Crippen molar-refractivity contribution in [3.8, 4) is 0 Å². The molecule has 0 N–H and O–H groups in total. The molecule has 2 aromatic rings. The van der Waals surface area contributed by atoms with E-state index in [1.54, 1.807) is 17.7 Å². The van der Waals surface area contributed by atoms with E-state index in [0.29, 0.717) is 12.4 Å². The number of hydrogen-bond acceptors (Lipinski definition) is 6. The van der Waals surface area contributed by atoms with Crippen LogP contribution in [0.1, 0.15) is 23.8 Å². The molecule has 19 heavy (non-hydrogen) atoms. The smallest absolute Gasteiger partial charge is 0.316 e. The Kier molecular flexibility index (Phi) is 3.70. The van der Waals surface area contributed by atoms with Gasteiger partial charge in [0.25, 0.3) is 0 Å². The van der Waals surface area contributed by atoms with Crippen LogP contribution in [0.25, 0.3) is 10.2 Å². The number of carbonyl (C=O) groups is 1. The van der Waals surface area contributed by atoms with Gasteiger partial charge in [0.2, 0.25) is 0 Å². The van der Waals surface area contributed by atoms with Crippen LogP contribution in [0.5, 0.6) is 0 Å². The van der Waals surface area contributed by atoms with Crippen molar-refractivity contribution in [2.24, 2.45) is 0 Å². The van der Waals surface area contributed by atoms with Crippen molar-refractivity contribution in [2.75, 3.05) is 12.4 Å². The SMILES string of the molecule is CCOC(=O)CSc1ncnc2sc3c(c12)CCC3. The topological polar surface area (TPSA) is 52.1 Å². The number of ether oxygens (including phenoxy) is 1. The summed E-state index contributed by atoms with van der Waals surface area (Å²) < 4.78 is 4.95. The van der Waals surface area contributed by atoms with Crippen molar-refractivity contribution in [3.63, 3.8) is 0 Å². The monoisotopic (exact) mass is 294 g/mol. The van der Waals surface area contributed by atoms with Gasteiger partial charge >= 0.3 is 5.97 Å². The molecule has 0 saturated heterocycles. The number of aromatic nitrogens is 2. The lowest BCUT2D eigenvalue weighted by atomic mass is 10.2. The van der Waals surface area contributed by atoms with Crippen molar-refractivity contribution < 1.29 is 9.53 Å². The predicted molar refractivity (Wildman–Crippen MR) is 76.8 cm³/mol. The summed E-state index contributed by atoms with van der Waals surface area (Å²) in [6.07, 6.45) is 5.06. The Morgan fingerprint density at radius 2 is 2.37 bits per heavy atom. The summed E-state index contributed by atoms with van der Waals surface area (Å²) in [5.74, 6) is 0.121. The fourth-order valence-corrected chi connectivity index (χ4v) is 4.46. The van der Waals surface area contributed by atoms with Crippen LogP contribution in [0, 0.1) is 0 Å². The molecule has 3 rings (SSSR count). The van der Waals surface area contributed by atoms with Gasteiger partial charge < -0.3 is 4.74 Å². The van der Waals surface area contributed by atoms with Crippen LogP contribution in [0.2, 0.25) is 0 Å². The minimum Gasteiger partial charge on any atom is -0.465 e. The van der Waals surface area contributed by atoms with Crippen molar-refractivity contribution in [2.45, 2.75) is 31.2 Å². The summed E-state index contributed by atoms with van der Waals surface area (Å²) in [7, 11) is 0. The van der Waals surface area contributed by atoms with Gasteiger partial charge in [-0.1, -0.05) is 11.8 Å². The first-order valence-electron chi connectivity index (χ1n) is 6.33. The zero-order valence-corrected chi connectivity index (χ0v) is 12.3. The van der Waals surface area contributed by atoms with Gasteiger partial charge in [0.15, 0.2) is 0 Å². The van der Waals surface area contributed by atoms with Crippen molar-refractivity contribution >= 4 is 39.3 Å². The van der Waals surface area contributed by atoms with E-state index in [1.807, 2.05) is 6.92 Å². The van der Waals surface area contributed by atoms with Gasteiger partial charge in [0, 0.05) is 10.3 Å². The number of fused-ring (bicyclic) bond motifs is 3. The Hall–Kier alpha value is -1.14. The zero-order valence-electron chi connectivity index (χ0n) is 10.6. The molecule has 0 saturated carbocycles. The van der Waals surface area contributed by atoms with E-state index in [9.17, 15) is 4.79 Å². The predicted octanol–water partition coefficient (Wildman–Crippen LogP) is 2.84. The summed E-state index contributed by atoms with van der Waals surface area (Å²) in [5.41, 5.74) is 1.40. The highest BCUT2D eigenvalue weighted by Gasteiger charge is 2.21. The fourth-order valence-electron chi connectivity index (χ4n) is 2.34. The van der Waals surface area contributed by atoms with Gasteiger partial charge in [0.05, 0.1) is 12.4 Å². The van der Waals surface area contributed by atoms with Crippen LogP contribution in [-0.2, 0) is 22.4 Å². The molecule has 0 unspecified atom stereocenters. The summed E-state index contributed by atoms with van der Waals surface area (Å²) in [4.78, 5) is 22.6. The average Bonchev–Trinajstić information content (AvgIpc) is 2.96. The Morgan fingerprint density at radius 1 is 1.47 bits per heavy atom. The largest absolute Gasteiger partial charge is 0.465 e. The van der Waals surface area contributed by atoms with Crippen LogP contribution in [-0.4, -0.2) is 28.3 Å². The maximum Gasteiger partial charge on any atom is 0.316 e. The molecule has 100 valence electrons. The second-order valence-corrected chi connectivity index (χ2v) is 6.36. The molecular formula is C13H14N2O2S2. The van der Waals surface area contributed by atoms with Gasteiger partial charge in [-0.25, -0.2) is 9.97 Å². The molecule has 0 radical (unpaired) electrons. The highest BCUT2D eigenvalue weighted by atomic mass is 32.2. The Labute approximate surface area is 119 Å². The number of carbonyl (C=O) groups excluding carboxylic acids is 1. The average molecular weight is 294 g/mol. The molecule has 0 atom stereocenters. The van der Waals surface area contributed by atoms with Crippen molar-refractivity contribution in [1.82, 2.24) is 9.97 Å². The van der Waals surface area contributed by atoms with Gasteiger partial charge in [-0.2, -0.15) is 0 Å². The molecule has 0 bridgehead atoms. The molecule has 0 aromatic carbocycles. The molecule has 0 fully saturated rings. The number of thiophene rings is 1. The van der Waals surface area contributed by atoms with E-state index >= 15 is 0 Å². The number of hydrogen-bond donors (Lipinski definition) is 0. The minimum absolute atomic E-state index is 0.189. The summed E-state index contributed by atoms with van der Waals surface area (Å²) >= 11 is 3.21. The number of nitrogens with zero attached hydrogens (tertiary/aromatic N) is 2. The first kappa shape index (κ1) is 12.9. The highest BCUT2D eigenvalue weighted by molar-refractivity contribution is 8.00. The molecule has 0 spiro atoms. The van der Waals surface area contributed by atoms with E-state index in [-0.39, 0.29) is 5.97 Å². The lowest BCUT2D eigenvalue weighted by molar-refractivity contribution is -0.139. The third-order valence-corrected chi connectivity index (χ3v) is 5.26. The van der Waals surface area contributed by atoms with E-state index in [4.69, 9.17) is 4.74 Å². The molecule has 2 aromatic heterocycles. The van der Waals surface area contributed by atoms with E-state index in [0.717, 1.165) is 28.1 Å². The van der Waals surface area contributed by atoms with Gasteiger partial charge in [-0.3, -0.25) is 4.79 Å². The normalized spacial score (nSPS) is 13.7. The highest BCUT2D eigenvalue weighted by Crippen LogP contribution is 2.39. The van der Waals surface area contributed by atoms with E-state index in [1.165, 1.54) is 28.6 Å². The quantitative estimate of drug-likeness (QED) is 0.493. The molecule has 0 amide bonds. The standard InChI is InChI=1S/C13H14N2O2S2/c1-2-17-10(16)6-18-12-11-8-4-3-5-9(8)19-13(11)15-7-14-12/h7H,2-6H2,1H3. The fraction of sp³-hybridized carbons (Fsp3) is 0.462. The Balaban J connectivity index is 1.89. The minimum atomic E-state index is -0.189.